The second kappa shape index (κ2) is 9.19. The standard InChI is InChI=1S/C12H23NO3/c1-4-12(15)16-9-8-13-11(14)7-5-6-10(2)3/h10H,4-9H2,1-3H3,(H,13,14). The van der Waals surface area contributed by atoms with Crippen LogP contribution in [0, 0.1) is 5.92 Å². The van der Waals surface area contributed by atoms with Gasteiger partial charge in [0.05, 0.1) is 6.54 Å². The van der Waals surface area contributed by atoms with Gasteiger partial charge in [-0.25, -0.2) is 0 Å². The molecule has 94 valence electrons. The molecule has 0 aliphatic rings. The fraction of sp³-hybridized carbons (Fsp3) is 0.833. The van der Waals surface area contributed by atoms with E-state index in [0.29, 0.717) is 25.3 Å². The summed E-state index contributed by atoms with van der Waals surface area (Å²) in [4.78, 5) is 22.1. The Morgan fingerprint density at radius 3 is 2.56 bits per heavy atom. The molecule has 0 bridgehead atoms. The molecular formula is C12H23NO3. The second-order valence-corrected chi connectivity index (χ2v) is 4.21. The van der Waals surface area contributed by atoms with Crippen LogP contribution in [-0.4, -0.2) is 25.0 Å². The van der Waals surface area contributed by atoms with Crippen LogP contribution >= 0.6 is 0 Å². The first-order valence-electron chi connectivity index (χ1n) is 5.98. The van der Waals surface area contributed by atoms with Crippen LogP contribution < -0.4 is 5.32 Å². The summed E-state index contributed by atoms with van der Waals surface area (Å²) < 4.78 is 4.83. The zero-order chi connectivity index (χ0) is 12.4. The Balaban J connectivity index is 3.34. The van der Waals surface area contributed by atoms with E-state index in [2.05, 4.69) is 19.2 Å². The van der Waals surface area contributed by atoms with Gasteiger partial charge in [0.15, 0.2) is 0 Å². The van der Waals surface area contributed by atoms with Crippen LogP contribution in [-0.2, 0) is 14.3 Å². The van der Waals surface area contributed by atoms with E-state index < -0.39 is 0 Å². The van der Waals surface area contributed by atoms with Gasteiger partial charge in [-0.05, 0) is 12.3 Å². The van der Waals surface area contributed by atoms with Crippen molar-refractivity contribution in [3.63, 3.8) is 0 Å². The first-order valence-corrected chi connectivity index (χ1v) is 5.98. The molecule has 0 spiro atoms. The molecule has 0 atom stereocenters. The van der Waals surface area contributed by atoms with Gasteiger partial charge >= 0.3 is 5.97 Å². The molecule has 0 aliphatic carbocycles. The van der Waals surface area contributed by atoms with Crippen LogP contribution in [0.2, 0.25) is 0 Å². The van der Waals surface area contributed by atoms with E-state index in [9.17, 15) is 9.59 Å². The maximum absolute atomic E-state index is 11.3. The number of ether oxygens (including phenoxy) is 1. The fourth-order valence-electron chi connectivity index (χ4n) is 1.22. The lowest BCUT2D eigenvalue weighted by molar-refractivity contribution is -0.143. The summed E-state index contributed by atoms with van der Waals surface area (Å²) in [5.41, 5.74) is 0. The van der Waals surface area contributed by atoms with Crippen molar-refractivity contribution in [3.8, 4) is 0 Å². The summed E-state index contributed by atoms with van der Waals surface area (Å²) in [5, 5.41) is 2.72. The van der Waals surface area contributed by atoms with Crippen molar-refractivity contribution >= 4 is 11.9 Å². The van der Waals surface area contributed by atoms with Crippen molar-refractivity contribution in [2.45, 2.75) is 46.5 Å². The van der Waals surface area contributed by atoms with Crippen molar-refractivity contribution in [2.24, 2.45) is 5.92 Å². The highest BCUT2D eigenvalue weighted by Gasteiger charge is 2.02. The van der Waals surface area contributed by atoms with Crippen molar-refractivity contribution in [3.05, 3.63) is 0 Å². The lowest BCUT2D eigenvalue weighted by Gasteiger charge is -2.07. The largest absolute Gasteiger partial charge is 0.464 e. The van der Waals surface area contributed by atoms with Crippen molar-refractivity contribution in [1.29, 1.82) is 0 Å². The Morgan fingerprint density at radius 2 is 2.00 bits per heavy atom. The van der Waals surface area contributed by atoms with Gasteiger partial charge in [-0.1, -0.05) is 27.2 Å². The monoisotopic (exact) mass is 229 g/mol. The molecule has 1 N–H and O–H groups in total. The van der Waals surface area contributed by atoms with Gasteiger partial charge in [0.2, 0.25) is 5.91 Å². The van der Waals surface area contributed by atoms with Gasteiger partial charge in [0.1, 0.15) is 6.61 Å². The van der Waals surface area contributed by atoms with E-state index in [4.69, 9.17) is 4.74 Å². The maximum atomic E-state index is 11.3. The molecule has 0 fully saturated rings. The van der Waals surface area contributed by atoms with Gasteiger partial charge in [-0.15, -0.1) is 0 Å². The molecule has 0 aliphatic heterocycles. The highest BCUT2D eigenvalue weighted by Crippen LogP contribution is 2.05. The molecule has 0 aromatic rings. The molecule has 0 heterocycles. The van der Waals surface area contributed by atoms with Crippen LogP contribution in [0.3, 0.4) is 0 Å². The van der Waals surface area contributed by atoms with E-state index in [-0.39, 0.29) is 18.5 Å². The summed E-state index contributed by atoms with van der Waals surface area (Å²) in [6, 6.07) is 0. The Labute approximate surface area is 97.7 Å². The molecule has 0 saturated carbocycles. The molecular weight excluding hydrogens is 206 g/mol. The predicted molar refractivity (Wildman–Crippen MR) is 62.9 cm³/mol. The first kappa shape index (κ1) is 14.9. The van der Waals surface area contributed by atoms with Crippen molar-refractivity contribution in [1.82, 2.24) is 5.32 Å². The minimum absolute atomic E-state index is 0.0354. The second-order valence-electron chi connectivity index (χ2n) is 4.21. The molecule has 0 aromatic carbocycles. The minimum atomic E-state index is -0.228. The summed E-state index contributed by atoms with van der Waals surface area (Å²) in [6.45, 7) is 6.70. The lowest BCUT2D eigenvalue weighted by atomic mass is 10.1. The smallest absolute Gasteiger partial charge is 0.305 e. The normalized spacial score (nSPS) is 10.2. The van der Waals surface area contributed by atoms with Crippen molar-refractivity contribution in [2.75, 3.05) is 13.2 Å². The highest BCUT2D eigenvalue weighted by molar-refractivity contribution is 5.75. The minimum Gasteiger partial charge on any atom is -0.464 e. The van der Waals surface area contributed by atoms with Gasteiger partial charge in [-0.3, -0.25) is 9.59 Å². The van der Waals surface area contributed by atoms with Crippen LogP contribution in [0.1, 0.15) is 46.5 Å². The molecule has 0 radical (unpaired) electrons. The highest BCUT2D eigenvalue weighted by atomic mass is 16.5. The SMILES string of the molecule is CCC(=O)OCCNC(=O)CCCC(C)C. The average molecular weight is 229 g/mol. The average Bonchev–Trinajstić information content (AvgIpc) is 2.23. The van der Waals surface area contributed by atoms with Gasteiger partial charge in [-0.2, -0.15) is 0 Å². The molecule has 0 saturated heterocycles. The van der Waals surface area contributed by atoms with Crippen molar-refractivity contribution < 1.29 is 14.3 Å². The number of rotatable bonds is 8. The quantitative estimate of drug-likeness (QED) is 0.510. The molecule has 0 aromatic heterocycles. The third kappa shape index (κ3) is 9.49. The molecule has 1 amide bonds. The van der Waals surface area contributed by atoms with E-state index in [0.717, 1.165) is 12.8 Å². The third-order valence-corrected chi connectivity index (χ3v) is 2.16. The molecule has 0 unspecified atom stereocenters. The summed E-state index contributed by atoms with van der Waals surface area (Å²) in [6.07, 6.45) is 2.92. The fourth-order valence-corrected chi connectivity index (χ4v) is 1.22. The number of carbonyl (C=O) groups excluding carboxylic acids is 2. The van der Waals surface area contributed by atoms with E-state index >= 15 is 0 Å². The summed E-state index contributed by atoms with van der Waals surface area (Å²) in [5.74, 6) is 0.445. The summed E-state index contributed by atoms with van der Waals surface area (Å²) >= 11 is 0. The van der Waals surface area contributed by atoms with Gasteiger partial charge in [0, 0.05) is 12.8 Å². The Bertz CT molecular complexity index is 214. The molecule has 4 nitrogen and oxygen atoms in total. The van der Waals surface area contributed by atoms with E-state index in [1.54, 1.807) is 6.92 Å². The predicted octanol–water partition coefficient (Wildman–Crippen LogP) is 1.88. The van der Waals surface area contributed by atoms with Gasteiger partial charge < -0.3 is 10.1 Å². The maximum Gasteiger partial charge on any atom is 0.305 e. The number of esters is 1. The number of nitrogens with one attached hydrogen (secondary N) is 1. The number of hydrogen-bond acceptors (Lipinski definition) is 3. The van der Waals surface area contributed by atoms with Gasteiger partial charge in [0.25, 0.3) is 0 Å². The zero-order valence-electron chi connectivity index (χ0n) is 10.5. The third-order valence-electron chi connectivity index (χ3n) is 2.16. The molecule has 0 rings (SSSR count). The first-order chi connectivity index (χ1) is 7.56. The number of hydrogen-bond donors (Lipinski definition) is 1. The topological polar surface area (TPSA) is 55.4 Å². The zero-order valence-corrected chi connectivity index (χ0v) is 10.5. The molecule has 16 heavy (non-hydrogen) atoms. The van der Waals surface area contributed by atoms with Crippen LogP contribution in [0.15, 0.2) is 0 Å². The summed E-state index contributed by atoms with van der Waals surface area (Å²) in [7, 11) is 0. The van der Waals surface area contributed by atoms with E-state index in [1.807, 2.05) is 0 Å². The van der Waals surface area contributed by atoms with Crippen LogP contribution in [0.5, 0.6) is 0 Å². The Hall–Kier alpha value is -1.06. The Kier molecular flexibility index (Phi) is 8.58. The van der Waals surface area contributed by atoms with Crippen LogP contribution in [0.25, 0.3) is 0 Å². The number of amides is 1. The van der Waals surface area contributed by atoms with E-state index in [1.165, 1.54) is 0 Å². The Morgan fingerprint density at radius 1 is 1.31 bits per heavy atom. The van der Waals surface area contributed by atoms with Crippen LogP contribution in [0.4, 0.5) is 0 Å². The number of carbonyl (C=O) groups is 2. The lowest BCUT2D eigenvalue weighted by Crippen LogP contribution is -2.27. The molecule has 4 heteroatoms.